The Morgan fingerprint density at radius 1 is 0.390 bits per heavy atom. The molecular formula is C97H89Cl4N33O7. The molecule has 2 saturated heterocycles. The van der Waals surface area contributed by atoms with E-state index >= 15 is 0 Å². The molecule has 5 aromatic carbocycles. The number of carbonyl (C=O) groups excluding carboxylic acids is 6. The van der Waals surface area contributed by atoms with E-state index in [-0.39, 0.29) is 103 Å². The number of aromatic nitrogens is 22. The number of rotatable bonds is 22. The van der Waals surface area contributed by atoms with Crippen molar-refractivity contribution in [3.05, 3.63) is 245 Å². The summed E-state index contributed by atoms with van der Waals surface area (Å²) in [6, 6.07) is 43.6. The number of nitrogen functional groups attached to an aromatic ring is 4. The molecule has 44 heteroatoms. The lowest BCUT2D eigenvalue weighted by atomic mass is 10.0. The number of likely N-dealkylation sites (tertiary alicyclic amines) is 1. The minimum atomic E-state index is -0.415. The Morgan fingerprint density at radius 3 is 1.06 bits per heavy atom. The first kappa shape index (κ1) is 95.9. The number of hydrogen-bond donors (Lipinski definition) is 8. The molecule has 141 heavy (non-hydrogen) atoms. The van der Waals surface area contributed by atoms with Crippen LogP contribution in [0.4, 0.5) is 46.5 Å². The van der Waals surface area contributed by atoms with Gasteiger partial charge >= 0.3 is 5.97 Å². The average Bonchev–Trinajstić information content (AvgIpc) is 1.35. The molecule has 0 radical (unpaired) electrons. The predicted octanol–water partition coefficient (Wildman–Crippen LogP) is 13.3. The zero-order valence-corrected chi connectivity index (χ0v) is 79.6. The number of nitrogens with one attached hydrogen (secondary N) is 4. The molecule has 40 nitrogen and oxygen atoms in total. The maximum atomic E-state index is 12.9. The fourth-order valence-electron chi connectivity index (χ4n) is 15.6. The number of amides is 5. The van der Waals surface area contributed by atoms with Crippen LogP contribution in [-0.4, -0.2) is 218 Å². The van der Waals surface area contributed by atoms with Gasteiger partial charge in [-0.05, 0) is 135 Å². The Labute approximate surface area is 824 Å². The Hall–Kier alpha value is -16.8. The second-order valence-corrected chi connectivity index (χ2v) is 34.4. The number of aryl methyl sites for hydroxylation is 4. The van der Waals surface area contributed by atoms with Gasteiger partial charge in [-0.3, -0.25) is 67.5 Å². The van der Waals surface area contributed by atoms with Crippen LogP contribution >= 0.6 is 46.4 Å². The van der Waals surface area contributed by atoms with Crippen LogP contribution in [0.15, 0.2) is 214 Å². The molecule has 18 aromatic rings. The van der Waals surface area contributed by atoms with E-state index in [0.29, 0.717) is 151 Å². The van der Waals surface area contributed by atoms with E-state index in [9.17, 15) is 28.8 Å². The minimum Gasteiger partial charge on any atom is -0.462 e. The van der Waals surface area contributed by atoms with E-state index < -0.39 is 11.9 Å². The van der Waals surface area contributed by atoms with Crippen molar-refractivity contribution in [1.82, 2.24) is 123 Å². The summed E-state index contributed by atoms with van der Waals surface area (Å²) in [7, 11) is 9.31. The largest absolute Gasteiger partial charge is 0.462 e. The first-order chi connectivity index (χ1) is 68.0. The van der Waals surface area contributed by atoms with E-state index in [0.717, 1.165) is 59.7 Å². The number of piperazine rings is 1. The highest BCUT2D eigenvalue weighted by Crippen LogP contribution is 2.42. The Balaban J connectivity index is 0.000000130. The van der Waals surface area contributed by atoms with Crippen molar-refractivity contribution in [1.29, 1.82) is 0 Å². The zero-order valence-electron chi connectivity index (χ0n) is 76.6. The number of nitrogens with two attached hydrogens (primary N) is 4. The van der Waals surface area contributed by atoms with E-state index in [1.165, 1.54) is 4.90 Å². The van der Waals surface area contributed by atoms with Crippen LogP contribution in [0.5, 0.6) is 0 Å². The third-order valence-electron chi connectivity index (χ3n) is 22.5. The quantitative estimate of drug-likeness (QED) is 0.0292. The van der Waals surface area contributed by atoms with Gasteiger partial charge in [0.2, 0.25) is 29.5 Å². The molecule has 0 spiro atoms. The fraction of sp³-hybridized carbons (Fsp3) is 0.186. The molecule has 0 bridgehead atoms. The summed E-state index contributed by atoms with van der Waals surface area (Å²) in [5.74, 6) is -0.849. The first-order valence-electron chi connectivity index (χ1n) is 44.0. The van der Waals surface area contributed by atoms with Gasteiger partial charge in [-0.1, -0.05) is 82.8 Å². The fourth-order valence-corrected chi connectivity index (χ4v) is 16.7. The normalized spacial score (nSPS) is 12.6. The molecule has 5 amide bonds. The number of pyridine rings is 4. The van der Waals surface area contributed by atoms with Crippen LogP contribution in [0.1, 0.15) is 35.7 Å². The number of anilines is 8. The highest BCUT2D eigenvalue weighted by atomic mass is 35.5. The number of likely N-dealkylation sites (N-methyl/N-ethyl adjacent to an activating group) is 1. The van der Waals surface area contributed by atoms with E-state index in [2.05, 4.69) is 113 Å². The summed E-state index contributed by atoms with van der Waals surface area (Å²) in [6.45, 7) is 6.36. The molecule has 0 aliphatic carbocycles. The number of imidazole rings is 1. The van der Waals surface area contributed by atoms with E-state index in [4.69, 9.17) is 84.0 Å². The molecule has 2 aliphatic rings. The highest BCUT2D eigenvalue weighted by Gasteiger charge is 2.29. The standard InChI is InChI=1S/C28H24ClN7O3.C24H26ClN9O.C23H21ClN8O2.C22H18ClN9O/c1-3-39-28(38)17-8-6-16(7-9-17)13-22(37)32-27-26(30)33-25(21-10-12-36(2)35-21)24(34-27)19-14-18-5-4-11-31-23(18)20(29)15-19;1-32-8-10-34(11-9-32)14-19(35)28-24-23(26)29-22(18-5-7-33(2)31-18)21(30-24)16-12-15-4-3-6-27-20(15)17(25)13-16;1-31-9-6-16(30-31)21-20(14-10-13-4-2-7-26-19(13)15(24)11-14)29-23(22(25)28-21)27-17(33)12-32-8-3-5-18(32)34;1-31-7-4-16(30-31)20-19(14-9-13-3-2-5-26-18(13)15(23)10-14)29-22(21(24)28-20)27-17(33)11-32-8-6-25-12-32/h4-12,14-15H,3,13H2,1-2H3,(H2,30,33)(H,32,34,37);3-7,12-13H,8-11,14H2,1-2H3,(H2,26,29)(H,28,30,35);2,4,6-7,9-11H,3,5,8,12H2,1H3,(H2,25,28)(H,27,29,33);2-10,12H,11H2,1H3,(H2,24,28)(H,27,29,33). The van der Waals surface area contributed by atoms with Crippen molar-refractivity contribution in [3.63, 3.8) is 0 Å². The maximum Gasteiger partial charge on any atom is 0.338 e. The van der Waals surface area contributed by atoms with Gasteiger partial charge in [0.1, 0.15) is 74.9 Å². The second kappa shape index (κ2) is 42.4. The lowest BCUT2D eigenvalue weighted by Gasteiger charge is -2.31. The molecule has 2 fully saturated rings. The lowest BCUT2D eigenvalue weighted by Crippen LogP contribution is -2.47. The van der Waals surface area contributed by atoms with Gasteiger partial charge in [-0.2, -0.15) is 20.4 Å². The van der Waals surface area contributed by atoms with E-state index in [1.54, 1.807) is 167 Å². The summed E-state index contributed by atoms with van der Waals surface area (Å²) in [5, 5.41) is 34.1. The van der Waals surface area contributed by atoms with Crippen LogP contribution < -0.4 is 44.2 Å². The van der Waals surface area contributed by atoms with Gasteiger partial charge in [-0.25, -0.2) is 49.7 Å². The first-order valence-corrected chi connectivity index (χ1v) is 45.6. The van der Waals surface area contributed by atoms with Gasteiger partial charge < -0.3 is 63.3 Å². The number of ether oxygens (including phenoxy) is 1. The Morgan fingerprint density at radius 2 is 0.738 bits per heavy atom. The molecular weight excluding hydrogens is 1880 g/mol. The number of carbonyl (C=O) groups is 6. The van der Waals surface area contributed by atoms with Gasteiger partial charge in [0.25, 0.3) is 0 Å². The van der Waals surface area contributed by atoms with Crippen molar-refractivity contribution < 1.29 is 33.5 Å². The summed E-state index contributed by atoms with van der Waals surface area (Å²) >= 11 is 26.1. The molecule has 0 unspecified atom stereocenters. The molecule has 712 valence electrons. The number of benzene rings is 5. The molecule has 0 saturated carbocycles. The van der Waals surface area contributed by atoms with Gasteiger partial charge in [0.15, 0.2) is 46.5 Å². The summed E-state index contributed by atoms with van der Waals surface area (Å²) in [4.78, 5) is 139. The minimum absolute atomic E-state index is 0.0367. The SMILES string of the molecule is CCOC(=O)c1ccc(CC(=O)Nc2nc(-c3cc(Cl)c4ncccc4c3)c(-c3ccn(C)n3)nc2N)cc1.CN1CCN(CC(=O)Nc2nc(-c3cc(Cl)c4ncccc4c3)c(-c3ccn(C)n3)nc2N)CC1.Cn1ccc(-c2nc(N)c(NC(=O)CN3CCCC3=O)nc2-c2cc(Cl)c3ncccc3c2)n1.Cn1ccc(-c2nc(N)c(NC(=O)Cn3ccnc3)nc2-c2cc(Cl)c3ncccc3c2)n1. The van der Waals surface area contributed by atoms with Crippen LogP contribution in [0.2, 0.25) is 20.1 Å². The average molecular weight is 1970 g/mol. The second-order valence-electron chi connectivity index (χ2n) is 32.8. The van der Waals surface area contributed by atoms with Gasteiger partial charge in [0.05, 0.1) is 80.2 Å². The summed E-state index contributed by atoms with van der Waals surface area (Å²) < 4.78 is 13.3. The Bertz CT molecular complexity index is 7820. The number of halogens is 4. The Kier molecular flexibility index (Phi) is 28.9. The number of esters is 1. The van der Waals surface area contributed by atoms with E-state index in [1.807, 2.05) is 105 Å². The third-order valence-corrected chi connectivity index (χ3v) is 23.6. The molecule has 0 atom stereocenters. The summed E-state index contributed by atoms with van der Waals surface area (Å²) in [5.41, 5.74) is 37.5. The van der Waals surface area contributed by atoms with Crippen LogP contribution in [0.3, 0.4) is 0 Å². The molecule has 12 N–H and O–H groups in total. The zero-order chi connectivity index (χ0) is 98.8. The molecule has 20 rings (SSSR count). The topological polar surface area (TPSA) is 517 Å². The molecule has 13 aromatic heterocycles. The van der Waals surface area contributed by atoms with Crippen molar-refractivity contribution in [2.24, 2.45) is 28.2 Å². The number of hydrogen-bond acceptors (Lipinski definition) is 30. The lowest BCUT2D eigenvalue weighted by molar-refractivity contribution is -0.131. The molecule has 2 aliphatic heterocycles. The number of nitrogens with zero attached hydrogens (tertiary/aromatic N) is 25. The molecule has 15 heterocycles. The van der Waals surface area contributed by atoms with Crippen LogP contribution in [0, 0.1) is 0 Å². The van der Waals surface area contributed by atoms with Crippen molar-refractivity contribution in [3.8, 4) is 90.6 Å². The maximum absolute atomic E-state index is 12.9. The van der Waals surface area contributed by atoms with Crippen LogP contribution in [-0.2, 0) is 69.9 Å². The van der Waals surface area contributed by atoms with Crippen molar-refractivity contribution in [2.75, 3.05) is 104 Å². The highest BCUT2D eigenvalue weighted by molar-refractivity contribution is 6.37. The monoisotopic (exact) mass is 1970 g/mol. The smallest absolute Gasteiger partial charge is 0.338 e. The van der Waals surface area contributed by atoms with Gasteiger partial charge in [0, 0.05) is 173 Å². The summed E-state index contributed by atoms with van der Waals surface area (Å²) in [6.07, 6.45) is 20.0. The van der Waals surface area contributed by atoms with Gasteiger partial charge in [-0.15, -0.1) is 0 Å². The number of fused-ring (bicyclic) bond motifs is 4. The van der Waals surface area contributed by atoms with Crippen molar-refractivity contribution >= 4 is 172 Å². The van der Waals surface area contributed by atoms with Crippen LogP contribution in [0.25, 0.3) is 134 Å². The van der Waals surface area contributed by atoms with Crippen molar-refractivity contribution in [2.45, 2.75) is 32.7 Å². The third kappa shape index (κ3) is 22.6. The predicted molar refractivity (Wildman–Crippen MR) is 540 cm³/mol.